The molecule has 0 radical (unpaired) electrons. The van der Waals surface area contributed by atoms with Crippen LogP contribution < -0.4 is 0 Å². The van der Waals surface area contributed by atoms with E-state index in [2.05, 4.69) is 18.9 Å². The molecule has 0 fully saturated rings. The predicted molar refractivity (Wildman–Crippen MR) is 67.2 cm³/mol. The number of carbonyl (C=O) groups excluding carboxylic acids is 1. The second-order valence-corrected chi connectivity index (χ2v) is 3.99. The molecule has 1 aromatic heterocycles. The molecule has 4 nitrogen and oxygen atoms in total. The van der Waals surface area contributed by atoms with Crippen molar-refractivity contribution in [1.82, 2.24) is 9.78 Å². The Kier molecular flexibility index (Phi) is 5.19. The first-order valence-corrected chi connectivity index (χ1v) is 6.42. The summed E-state index contributed by atoms with van der Waals surface area (Å²) in [5, 5.41) is 4.35. The van der Waals surface area contributed by atoms with Gasteiger partial charge >= 0.3 is 5.97 Å². The molecule has 0 spiro atoms. The van der Waals surface area contributed by atoms with Crippen molar-refractivity contribution in [3.63, 3.8) is 0 Å². The zero-order valence-corrected chi connectivity index (χ0v) is 11.2. The van der Waals surface area contributed by atoms with Gasteiger partial charge in [0.05, 0.1) is 24.5 Å². The van der Waals surface area contributed by atoms with Gasteiger partial charge in [0.2, 0.25) is 0 Å². The molecule has 0 atom stereocenters. The van der Waals surface area contributed by atoms with Crippen molar-refractivity contribution in [3.05, 3.63) is 17.5 Å². The SMILES string of the molecule is CCOC(=O)c1cnn(C(CC)CC)c1CC. The van der Waals surface area contributed by atoms with E-state index in [0.29, 0.717) is 18.2 Å². The highest BCUT2D eigenvalue weighted by Gasteiger charge is 2.20. The molecule has 1 aromatic rings. The molecule has 0 aromatic carbocycles. The first-order chi connectivity index (χ1) is 8.19. The lowest BCUT2D eigenvalue weighted by Gasteiger charge is -2.16. The minimum absolute atomic E-state index is 0.262. The third kappa shape index (κ3) is 2.87. The van der Waals surface area contributed by atoms with Gasteiger partial charge in [0.1, 0.15) is 5.56 Å². The highest BCUT2D eigenvalue weighted by molar-refractivity contribution is 5.90. The summed E-state index contributed by atoms with van der Waals surface area (Å²) in [5.74, 6) is -0.262. The summed E-state index contributed by atoms with van der Waals surface area (Å²) in [6, 6.07) is 0.369. The van der Waals surface area contributed by atoms with E-state index in [1.54, 1.807) is 6.20 Å². The number of nitrogens with zero attached hydrogens (tertiary/aromatic N) is 2. The van der Waals surface area contributed by atoms with Crippen LogP contribution in [0.5, 0.6) is 0 Å². The largest absolute Gasteiger partial charge is 0.462 e. The van der Waals surface area contributed by atoms with Gasteiger partial charge in [-0.15, -0.1) is 0 Å². The summed E-state index contributed by atoms with van der Waals surface area (Å²) in [4.78, 5) is 11.8. The van der Waals surface area contributed by atoms with Crippen LogP contribution in [0.15, 0.2) is 6.20 Å². The zero-order valence-electron chi connectivity index (χ0n) is 11.2. The maximum Gasteiger partial charge on any atom is 0.341 e. The Labute approximate surface area is 103 Å². The molecular weight excluding hydrogens is 216 g/mol. The monoisotopic (exact) mass is 238 g/mol. The van der Waals surface area contributed by atoms with Gasteiger partial charge in [-0.25, -0.2) is 4.79 Å². The van der Waals surface area contributed by atoms with E-state index >= 15 is 0 Å². The smallest absolute Gasteiger partial charge is 0.341 e. The molecule has 0 amide bonds. The number of ether oxygens (including phenoxy) is 1. The summed E-state index contributed by atoms with van der Waals surface area (Å²) in [7, 11) is 0. The minimum Gasteiger partial charge on any atom is -0.462 e. The Hall–Kier alpha value is -1.32. The average Bonchev–Trinajstić information content (AvgIpc) is 2.75. The number of hydrogen-bond acceptors (Lipinski definition) is 3. The van der Waals surface area contributed by atoms with Crippen molar-refractivity contribution in [2.24, 2.45) is 0 Å². The molecule has 0 aliphatic carbocycles. The maximum atomic E-state index is 11.8. The summed E-state index contributed by atoms with van der Waals surface area (Å²) in [6.07, 6.45) is 4.47. The normalized spacial score (nSPS) is 10.9. The molecule has 96 valence electrons. The van der Waals surface area contributed by atoms with Gasteiger partial charge < -0.3 is 4.74 Å². The Morgan fingerprint density at radius 2 is 2.00 bits per heavy atom. The molecule has 0 bridgehead atoms. The van der Waals surface area contributed by atoms with Crippen LogP contribution in [0.3, 0.4) is 0 Å². The van der Waals surface area contributed by atoms with Crippen LogP contribution in [-0.4, -0.2) is 22.4 Å². The third-order valence-electron chi connectivity index (χ3n) is 3.02. The van der Waals surface area contributed by atoms with Crippen LogP contribution >= 0.6 is 0 Å². The van der Waals surface area contributed by atoms with E-state index in [1.807, 2.05) is 18.5 Å². The third-order valence-corrected chi connectivity index (χ3v) is 3.02. The van der Waals surface area contributed by atoms with Gasteiger partial charge in [0.15, 0.2) is 0 Å². The Morgan fingerprint density at radius 1 is 1.35 bits per heavy atom. The van der Waals surface area contributed by atoms with Crippen molar-refractivity contribution in [1.29, 1.82) is 0 Å². The molecule has 0 saturated carbocycles. The molecule has 0 unspecified atom stereocenters. The molecule has 1 heterocycles. The Bertz CT molecular complexity index is 367. The summed E-state index contributed by atoms with van der Waals surface area (Å²) in [5.41, 5.74) is 1.60. The fourth-order valence-electron chi connectivity index (χ4n) is 2.07. The van der Waals surface area contributed by atoms with Crippen molar-refractivity contribution in [2.75, 3.05) is 6.61 Å². The van der Waals surface area contributed by atoms with E-state index in [4.69, 9.17) is 4.74 Å². The van der Waals surface area contributed by atoms with Gasteiger partial charge in [-0.05, 0) is 26.2 Å². The van der Waals surface area contributed by atoms with Gasteiger partial charge in [0.25, 0.3) is 0 Å². The van der Waals surface area contributed by atoms with E-state index < -0.39 is 0 Å². The van der Waals surface area contributed by atoms with Crippen molar-refractivity contribution >= 4 is 5.97 Å². The molecule has 4 heteroatoms. The average molecular weight is 238 g/mol. The first kappa shape index (κ1) is 13.7. The lowest BCUT2D eigenvalue weighted by atomic mass is 10.1. The predicted octanol–water partition coefficient (Wildman–Crippen LogP) is 2.98. The van der Waals surface area contributed by atoms with Crippen molar-refractivity contribution in [2.45, 2.75) is 53.0 Å². The van der Waals surface area contributed by atoms with Crippen LogP contribution in [0.1, 0.15) is 62.6 Å². The molecule has 0 aliphatic heterocycles. The molecule has 1 rings (SSSR count). The van der Waals surface area contributed by atoms with E-state index in [9.17, 15) is 4.79 Å². The topological polar surface area (TPSA) is 44.1 Å². The number of esters is 1. The fraction of sp³-hybridized carbons (Fsp3) is 0.692. The van der Waals surface area contributed by atoms with Crippen molar-refractivity contribution < 1.29 is 9.53 Å². The van der Waals surface area contributed by atoms with Gasteiger partial charge in [-0.1, -0.05) is 20.8 Å². The number of hydrogen-bond donors (Lipinski definition) is 0. The molecular formula is C13H22N2O2. The summed E-state index contributed by atoms with van der Waals surface area (Å²) < 4.78 is 7.02. The van der Waals surface area contributed by atoms with Crippen molar-refractivity contribution in [3.8, 4) is 0 Å². The second kappa shape index (κ2) is 6.42. The van der Waals surface area contributed by atoms with Crippen LogP contribution in [-0.2, 0) is 11.2 Å². The Morgan fingerprint density at radius 3 is 2.47 bits per heavy atom. The quantitative estimate of drug-likeness (QED) is 0.716. The number of aromatic nitrogens is 2. The van der Waals surface area contributed by atoms with Crippen LogP contribution in [0.25, 0.3) is 0 Å². The maximum absolute atomic E-state index is 11.8. The molecule has 0 aliphatic rings. The summed E-state index contributed by atoms with van der Waals surface area (Å²) >= 11 is 0. The minimum atomic E-state index is -0.262. The van der Waals surface area contributed by atoms with E-state index in [0.717, 1.165) is 25.0 Å². The van der Waals surface area contributed by atoms with Crippen LogP contribution in [0.4, 0.5) is 0 Å². The van der Waals surface area contributed by atoms with E-state index in [-0.39, 0.29) is 5.97 Å². The second-order valence-electron chi connectivity index (χ2n) is 3.99. The number of carbonyl (C=O) groups is 1. The number of rotatable bonds is 6. The first-order valence-electron chi connectivity index (χ1n) is 6.42. The highest BCUT2D eigenvalue weighted by atomic mass is 16.5. The van der Waals surface area contributed by atoms with Crippen LogP contribution in [0.2, 0.25) is 0 Å². The zero-order chi connectivity index (χ0) is 12.8. The lowest BCUT2D eigenvalue weighted by Crippen LogP contribution is -2.14. The summed E-state index contributed by atoms with van der Waals surface area (Å²) in [6.45, 7) is 8.53. The molecule has 0 N–H and O–H groups in total. The van der Waals surface area contributed by atoms with Gasteiger partial charge in [-0.3, -0.25) is 4.68 Å². The lowest BCUT2D eigenvalue weighted by molar-refractivity contribution is 0.0525. The van der Waals surface area contributed by atoms with Gasteiger partial charge in [0, 0.05) is 0 Å². The molecule has 17 heavy (non-hydrogen) atoms. The standard InChI is InChI=1S/C13H22N2O2/c1-5-10(6-2)15-12(7-3)11(9-14-15)13(16)17-8-4/h9-10H,5-8H2,1-4H3. The fourth-order valence-corrected chi connectivity index (χ4v) is 2.07. The van der Waals surface area contributed by atoms with Crippen LogP contribution in [0, 0.1) is 0 Å². The highest BCUT2D eigenvalue weighted by Crippen LogP contribution is 2.20. The van der Waals surface area contributed by atoms with E-state index in [1.165, 1.54) is 0 Å². The molecule has 0 saturated heterocycles. The van der Waals surface area contributed by atoms with Gasteiger partial charge in [-0.2, -0.15) is 5.10 Å². The Balaban J connectivity index is 3.06.